The third kappa shape index (κ3) is 5.80. The highest BCUT2D eigenvalue weighted by Crippen LogP contribution is 2.21. The summed E-state index contributed by atoms with van der Waals surface area (Å²) in [6.07, 6.45) is 1.45. The van der Waals surface area contributed by atoms with Crippen LogP contribution in [0.25, 0.3) is 0 Å². The minimum absolute atomic E-state index is 0.0220. The van der Waals surface area contributed by atoms with E-state index < -0.39 is 5.91 Å². The second-order valence-corrected chi connectivity index (χ2v) is 8.62. The Morgan fingerprint density at radius 3 is 2.32 bits per heavy atom. The molecule has 174 valence electrons. The molecule has 0 unspecified atom stereocenters. The van der Waals surface area contributed by atoms with Crippen molar-refractivity contribution in [3.63, 3.8) is 0 Å². The quantitative estimate of drug-likeness (QED) is 0.292. The summed E-state index contributed by atoms with van der Waals surface area (Å²) in [4.78, 5) is 31.9. The zero-order valence-electron chi connectivity index (χ0n) is 18.2. The maximum atomic E-state index is 13.0. The van der Waals surface area contributed by atoms with Gasteiger partial charge < -0.3 is 15.0 Å². The Kier molecular flexibility index (Phi) is 7.57. The number of carbonyl (C=O) groups is 2. The van der Waals surface area contributed by atoms with Gasteiger partial charge in [0.2, 0.25) is 0 Å². The highest BCUT2D eigenvalue weighted by Gasteiger charge is 2.18. The van der Waals surface area contributed by atoms with Gasteiger partial charge in [0, 0.05) is 47.4 Å². The van der Waals surface area contributed by atoms with E-state index in [-0.39, 0.29) is 12.2 Å². The largest absolute Gasteiger partial charge is 0.378 e. The van der Waals surface area contributed by atoms with E-state index in [1.807, 2.05) is 4.90 Å². The van der Waals surface area contributed by atoms with Gasteiger partial charge in [-0.3, -0.25) is 15.0 Å². The summed E-state index contributed by atoms with van der Waals surface area (Å²) in [5, 5.41) is 11.9. The minimum Gasteiger partial charge on any atom is -0.378 e. The van der Waals surface area contributed by atoms with Gasteiger partial charge in [0.15, 0.2) is 5.78 Å². The number of aromatic nitrogens is 1. The number of ether oxygens (including phenoxy) is 1. The van der Waals surface area contributed by atoms with Crippen LogP contribution in [0, 0.1) is 5.41 Å². The SMILES string of the molecule is N=C(c1ccc(C(=O)Cc2ccc(Cl)cc2C(=O)Nc2ccc(Cl)cn2)cc1)N1CCOCC1. The lowest BCUT2D eigenvalue weighted by atomic mass is 9.97. The molecule has 1 aliphatic heterocycles. The number of hydrogen-bond acceptors (Lipinski definition) is 5. The van der Waals surface area contributed by atoms with Gasteiger partial charge >= 0.3 is 0 Å². The van der Waals surface area contributed by atoms with Gasteiger partial charge in [-0.15, -0.1) is 0 Å². The van der Waals surface area contributed by atoms with Crippen LogP contribution in [-0.2, 0) is 11.2 Å². The van der Waals surface area contributed by atoms with Crippen molar-refractivity contribution in [2.75, 3.05) is 31.6 Å². The molecule has 1 aromatic heterocycles. The highest BCUT2D eigenvalue weighted by molar-refractivity contribution is 6.31. The van der Waals surface area contributed by atoms with Crippen LogP contribution >= 0.6 is 23.2 Å². The molecule has 2 heterocycles. The first kappa shape index (κ1) is 23.9. The molecule has 7 nitrogen and oxygen atoms in total. The topological polar surface area (TPSA) is 95.4 Å². The lowest BCUT2D eigenvalue weighted by molar-refractivity contribution is 0.0680. The van der Waals surface area contributed by atoms with Crippen molar-refractivity contribution < 1.29 is 14.3 Å². The first-order chi connectivity index (χ1) is 16.4. The van der Waals surface area contributed by atoms with E-state index in [9.17, 15) is 9.59 Å². The Balaban J connectivity index is 1.47. The molecule has 0 spiro atoms. The number of hydrogen-bond donors (Lipinski definition) is 2. The van der Waals surface area contributed by atoms with Crippen LogP contribution in [0.2, 0.25) is 10.0 Å². The number of nitrogens with one attached hydrogen (secondary N) is 2. The fraction of sp³-hybridized carbons (Fsp3) is 0.200. The molecule has 0 atom stereocenters. The van der Waals surface area contributed by atoms with Crippen LogP contribution in [0.4, 0.5) is 5.82 Å². The van der Waals surface area contributed by atoms with E-state index in [2.05, 4.69) is 10.3 Å². The normalized spacial score (nSPS) is 13.4. The van der Waals surface area contributed by atoms with E-state index >= 15 is 0 Å². The summed E-state index contributed by atoms with van der Waals surface area (Å²) < 4.78 is 5.34. The molecule has 9 heteroatoms. The van der Waals surface area contributed by atoms with Crippen molar-refractivity contribution in [2.45, 2.75) is 6.42 Å². The second kappa shape index (κ2) is 10.8. The van der Waals surface area contributed by atoms with Crippen LogP contribution in [-0.4, -0.2) is 53.7 Å². The number of anilines is 1. The third-order valence-electron chi connectivity index (χ3n) is 5.44. The number of benzene rings is 2. The van der Waals surface area contributed by atoms with Gasteiger partial charge in [-0.25, -0.2) is 4.98 Å². The molecule has 0 bridgehead atoms. The average Bonchev–Trinajstić information content (AvgIpc) is 2.86. The summed E-state index contributed by atoms with van der Waals surface area (Å²) in [5.41, 5.74) is 2.08. The third-order valence-corrected chi connectivity index (χ3v) is 5.90. The summed E-state index contributed by atoms with van der Waals surface area (Å²) >= 11 is 12.0. The Morgan fingerprint density at radius 1 is 0.971 bits per heavy atom. The Hall–Kier alpha value is -3.26. The molecule has 3 aromatic rings. The lowest BCUT2D eigenvalue weighted by Gasteiger charge is -2.29. The maximum Gasteiger partial charge on any atom is 0.257 e. The van der Waals surface area contributed by atoms with Crippen molar-refractivity contribution in [2.24, 2.45) is 0 Å². The molecule has 2 aromatic carbocycles. The predicted octanol–water partition coefficient (Wildman–Crippen LogP) is 4.72. The Bertz CT molecular complexity index is 1210. The molecule has 4 rings (SSSR count). The summed E-state index contributed by atoms with van der Waals surface area (Å²) in [6, 6.07) is 15.0. The number of amides is 1. The van der Waals surface area contributed by atoms with Crippen LogP contribution in [0.1, 0.15) is 31.8 Å². The van der Waals surface area contributed by atoms with Crippen molar-refractivity contribution in [1.82, 2.24) is 9.88 Å². The molecule has 0 saturated carbocycles. The molecule has 1 aliphatic rings. The molecule has 1 amide bonds. The van der Waals surface area contributed by atoms with Crippen molar-refractivity contribution in [1.29, 1.82) is 5.41 Å². The molecular formula is C25H22Cl2N4O3. The Morgan fingerprint density at radius 2 is 1.65 bits per heavy atom. The van der Waals surface area contributed by atoms with Gasteiger partial charge in [-0.1, -0.05) is 53.5 Å². The van der Waals surface area contributed by atoms with E-state index in [0.717, 1.165) is 5.56 Å². The van der Waals surface area contributed by atoms with Crippen LogP contribution in [0.3, 0.4) is 0 Å². The molecule has 1 fully saturated rings. The fourth-order valence-corrected chi connectivity index (χ4v) is 3.89. The van der Waals surface area contributed by atoms with Crippen molar-refractivity contribution in [3.8, 4) is 0 Å². The summed E-state index contributed by atoms with van der Waals surface area (Å²) in [6.45, 7) is 2.55. The van der Waals surface area contributed by atoms with E-state index in [0.29, 0.717) is 64.7 Å². The number of rotatable bonds is 6. The second-order valence-electron chi connectivity index (χ2n) is 7.74. The zero-order valence-corrected chi connectivity index (χ0v) is 19.7. The van der Waals surface area contributed by atoms with Crippen molar-refractivity contribution >= 4 is 46.5 Å². The first-order valence-corrected chi connectivity index (χ1v) is 11.4. The van der Waals surface area contributed by atoms with Crippen LogP contribution < -0.4 is 5.32 Å². The number of carbonyl (C=O) groups excluding carboxylic acids is 2. The predicted molar refractivity (Wildman–Crippen MR) is 132 cm³/mol. The molecule has 34 heavy (non-hydrogen) atoms. The molecular weight excluding hydrogens is 475 g/mol. The number of pyridine rings is 1. The standard InChI is InChI=1S/C25H22Cl2N4O3/c26-19-6-5-18(21(14-19)25(33)30-23-8-7-20(27)15-29-23)13-22(32)16-1-3-17(4-2-16)24(28)31-9-11-34-12-10-31/h1-8,14-15,28H,9-13H2,(H,29,30,33). The summed E-state index contributed by atoms with van der Waals surface area (Å²) in [7, 11) is 0. The summed E-state index contributed by atoms with van der Waals surface area (Å²) in [5.74, 6) is 0.180. The molecule has 1 saturated heterocycles. The number of nitrogens with zero attached hydrogens (tertiary/aromatic N) is 2. The van der Waals surface area contributed by atoms with Gasteiger partial charge in [0.1, 0.15) is 11.7 Å². The molecule has 2 N–H and O–H groups in total. The number of Topliss-reactive ketones (excluding diaryl/α,β-unsaturated/α-hetero) is 1. The lowest BCUT2D eigenvalue weighted by Crippen LogP contribution is -2.40. The monoisotopic (exact) mass is 496 g/mol. The highest BCUT2D eigenvalue weighted by atomic mass is 35.5. The van der Waals surface area contributed by atoms with E-state index in [4.69, 9.17) is 33.3 Å². The van der Waals surface area contributed by atoms with E-state index in [1.54, 1.807) is 48.5 Å². The van der Waals surface area contributed by atoms with Crippen LogP contribution in [0.5, 0.6) is 0 Å². The van der Waals surface area contributed by atoms with Gasteiger partial charge in [-0.2, -0.15) is 0 Å². The van der Waals surface area contributed by atoms with Crippen LogP contribution in [0.15, 0.2) is 60.8 Å². The number of amidine groups is 1. The smallest absolute Gasteiger partial charge is 0.257 e. The average molecular weight is 497 g/mol. The van der Waals surface area contributed by atoms with E-state index in [1.165, 1.54) is 12.3 Å². The first-order valence-electron chi connectivity index (χ1n) is 10.7. The fourth-order valence-electron chi connectivity index (χ4n) is 3.61. The zero-order chi connectivity index (χ0) is 24.1. The van der Waals surface area contributed by atoms with Gasteiger partial charge in [0.25, 0.3) is 5.91 Å². The maximum absolute atomic E-state index is 13.0. The minimum atomic E-state index is -0.422. The Labute approximate surface area is 207 Å². The van der Waals surface area contributed by atoms with Gasteiger partial charge in [-0.05, 0) is 29.8 Å². The number of halogens is 2. The van der Waals surface area contributed by atoms with Crippen molar-refractivity contribution in [3.05, 3.63) is 93.1 Å². The van der Waals surface area contributed by atoms with Gasteiger partial charge in [0.05, 0.1) is 18.2 Å². The number of ketones is 1. The molecule has 0 aliphatic carbocycles. The molecule has 0 radical (unpaired) electrons. The number of morpholine rings is 1.